The number of ether oxygens (including phenoxy) is 1. The first kappa shape index (κ1) is 23.7. The van der Waals surface area contributed by atoms with Gasteiger partial charge in [0.05, 0.1) is 6.20 Å². The molecular formula is C26H33FN6O2. The molecule has 8 nitrogen and oxygen atoms in total. The van der Waals surface area contributed by atoms with Gasteiger partial charge >= 0.3 is 0 Å². The zero-order valence-corrected chi connectivity index (χ0v) is 20.2. The highest BCUT2D eigenvalue weighted by molar-refractivity contribution is 5.87. The van der Waals surface area contributed by atoms with Crippen molar-refractivity contribution in [3.05, 3.63) is 54.0 Å². The van der Waals surface area contributed by atoms with Crippen molar-refractivity contribution in [1.29, 1.82) is 0 Å². The van der Waals surface area contributed by atoms with Crippen molar-refractivity contribution >= 4 is 23.4 Å². The van der Waals surface area contributed by atoms with E-state index in [-0.39, 0.29) is 23.3 Å². The molecule has 2 aromatic rings. The second kappa shape index (κ2) is 9.91. The molecule has 0 spiro atoms. The number of anilines is 3. The lowest BCUT2D eigenvalue weighted by Gasteiger charge is -2.41. The number of benzene rings is 1. The predicted molar refractivity (Wildman–Crippen MR) is 133 cm³/mol. The second-order valence-corrected chi connectivity index (χ2v) is 9.94. The number of piperidine rings is 1. The normalized spacial score (nSPS) is 21.9. The van der Waals surface area contributed by atoms with Crippen LogP contribution in [0.25, 0.3) is 0 Å². The summed E-state index contributed by atoms with van der Waals surface area (Å²) >= 11 is 0. The molecule has 0 bridgehead atoms. The van der Waals surface area contributed by atoms with Crippen molar-refractivity contribution < 1.29 is 13.9 Å². The van der Waals surface area contributed by atoms with E-state index in [2.05, 4.69) is 51.1 Å². The van der Waals surface area contributed by atoms with Crippen molar-refractivity contribution in [1.82, 2.24) is 19.8 Å². The number of nitrogens with zero attached hydrogens (tertiary/aromatic N) is 4. The molecule has 186 valence electrons. The van der Waals surface area contributed by atoms with Gasteiger partial charge in [-0.1, -0.05) is 12.6 Å². The van der Waals surface area contributed by atoms with Crippen LogP contribution in [0.5, 0.6) is 0 Å². The van der Waals surface area contributed by atoms with Crippen LogP contribution in [0.3, 0.4) is 0 Å². The fourth-order valence-electron chi connectivity index (χ4n) is 5.26. The Morgan fingerprint density at radius 3 is 2.89 bits per heavy atom. The number of aromatic nitrogens is 2. The van der Waals surface area contributed by atoms with E-state index in [1.807, 2.05) is 6.07 Å². The summed E-state index contributed by atoms with van der Waals surface area (Å²) < 4.78 is 20.1. The first-order valence-electron chi connectivity index (χ1n) is 12.4. The number of amides is 1. The second-order valence-electron chi connectivity index (χ2n) is 9.94. The van der Waals surface area contributed by atoms with E-state index >= 15 is 0 Å². The van der Waals surface area contributed by atoms with Crippen molar-refractivity contribution in [3.63, 3.8) is 0 Å². The van der Waals surface area contributed by atoms with Gasteiger partial charge in [-0.15, -0.1) is 0 Å². The Morgan fingerprint density at radius 2 is 2.09 bits per heavy atom. The highest BCUT2D eigenvalue weighted by Gasteiger charge is 2.37. The molecule has 2 saturated heterocycles. The number of hydrogen-bond donors (Lipinski definition) is 2. The smallest absolute Gasteiger partial charge is 0.246 e. The highest BCUT2D eigenvalue weighted by atomic mass is 19.1. The third kappa shape index (κ3) is 5.16. The first-order valence-corrected chi connectivity index (χ1v) is 12.4. The summed E-state index contributed by atoms with van der Waals surface area (Å²) in [6.45, 7) is 10.5. The number of carbonyl (C=O) groups excluding carboxylic acids is 1. The van der Waals surface area contributed by atoms with Crippen LogP contribution in [-0.4, -0.2) is 63.6 Å². The maximum absolute atomic E-state index is 14.5. The molecule has 2 N–H and O–H groups in total. The number of halogens is 1. The Labute approximate surface area is 205 Å². The molecule has 1 aromatic carbocycles. The zero-order chi connectivity index (χ0) is 24.4. The maximum atomic E-state index is 14.5. The summed E-state index contributed by atoms with van der Waals surface area (Å²) in [5.41, 5.74) is 3.66. The summed E-state index contributed by atoms with van der Waals surface area (Å²) in [5, 5.41) is 6.39. The summed E-state index contributed by atoms with van der Waals surface area (Å²) in [5.74, 6) is -0.157. The maximum Gasteiger partial charge on any atom is 0.246 e. The lowest BCUT2D eigenvalue weighted by atomic mass is 9.90. The Kier molecular flexibility index (Phi) is 6.71. The van der Waals surface area contributed by atoms with E-state index in [1.54, 1.807) is 4.90 Å². The summed E-state index contributed by atoms with van der Waals surface area (Å²) in [7, 11) is 0. The van der Waals surface area contributed by atoms with Gasteiger partial charge in [0.15, 0.2) is 11.6 Å². The minimum Gasteiger partial charge on any atom is -0.381 e. The summed E-state index contributed by atoms with van der Waals surface area (Å²) in [6.07, 6.45) is 6.26. The molecule has 3 aliphatic heterocycles. The molecule has 5 rings (SSSR count). The van der Waals surface area contributed by atoms with E-state index in [9.17, 15) is 9.18 Å². The van der Waals surface area contributed by atoms with Crippen LogP contribution in [0.4, 0.5) is 21.8 Å². The standard InChI is InChI=1S/C26H33FN6O2/c1-3-23(34)32-10-4-5-21(17-32)29-24-22(27)14-28-25(31-24)30-20-7-6-18-15-33(16-19(18)13-20)26(2)8-11-35-12-9-26/h3,6-7,13-14,21H,1,4-5,8-12,15-17H2,2H3,(H2,28,29,30,31). The number of nitrogens with one attached hydrogen (secondary N) is 2. The van der Waals surface area contributed by atoms with Crippen LogP contribution in [0, 0.1) is 5.82 Å². The molecule has 1 unspecified atom stereocenters. The molecule has 3 aliphatic rings. The number of fused-ring (bicyclic) bond motifs is 1. The van der Waals surface area contributed by atoms with Gasteiger partial charge in [-0.05, 0) is 61.9 Å². The van der Waals surface area contributed by atoms with Crippen molar-refractivity contribution in [2.75, 3.05) is 36.9 Å². The Hall–Kier alpha value is -3.04. The Morgan fingerprint density at radius 1 is 1.29 bits per heavy atom. The van der Waals surface area contributed by atoms with Crippen molar-refractivity contribution in [2.24, 2.45) is 0 Å². The van der Waals surface area contributed by atoms with Crippen LogP contribution in [0.15, 0.2) is 37.1 Å². The fourth-order valence-corrected chi connectivity index (χ4v) is 5.26. The van der Waals surface area contributed by atoms with Gasteiger partial charge in [0.25, 0.3) is 0 Å². The van der Waals surface area contributed by atoms with E-state index < -0.39 is 5.82 Å². The zero-order valence-electron chi connectivity index (χ0n) is 20.2. The number of hydrogen-bond acceptors (Lipinski definition) is 7. The average molecular weight is 481 g/mol. The van der Waals surface area contributed by atoms with Gasteiger partial charge in [0.2, 0.25) is 11.9 Å². The molecule has 0 saturated carbocycles. The lowest BCUT2D eigenvalue weighted by Crippen LogP contribution is -2.47. The minimum atomic E-state index is -0.517. The van der Waals surface area contributed by atoms with E-state index in [0.29, 0.717) is 19.0 Å². The van der Waals surface area contributed by atoms with Gasteiger partial charge in [-0.25, -0.2) is 9.37 Å². The lowest BCUT2D eigenvalue weighted by molar-refractivity contribution is -0.127. The van der Waals surface area contributed by atoms with E-state index in [4.69, 9.17) is 4.74 Å². The number of likely N-dealkylation sites (tertiary alicyclic amines) is 1. The molecule has 35 heavy (non-hydrogen) atoms. The summed E-state index contributed by atoms with van der Waals surface area (Å²) in [6, 6.07) is 6.23. The highest BCUT2D eigenvalue weighted by Crippen LogP contribution is 2.36. The van der Waals surface area contributed by atoms with E-state index in [1.165, 1.54) is 23.4 Å². The van der Waals surface area contributed by atoms with Crippen LogP contribution in [-0.2, 0) is 22.6 Å². The third-order valence-corrected chi connectivity index (χ3v) is 7.51. The third-order valence-electron chi connectivity index (χ3n) is 7.51. The molecular weight excluding hydrogens is 447 g/mol. The van der Waals surface area contributed by atoms with Gasteiger partial charge < -0.3 is 20.3 Å². The quantitative estimate of drug-likeness (QED) is 0.608. The van der Waals surface area contributed by atoms with Gasteiger partial charge in [0.1, 0.15) is 0 Å². The molecule has 2 fully saturated rings. The van der Waals surface area contributed by atoms with Crippen LogP contribution >= 0.6 is 0 Å². The molecule has 9 heteroatoms. The molecule has 1 atom stereocenters. The van der Waals surface area contributed by atoms with Crippen LogP contribution in [0.2, 0.25) is 0 Å². The molecule has 0 aliphatic carbocycles. The molecule has 0 radical (unpaired) electrons. The molecule has 1 amide bonds. The largest absolute Gasteiger partial charge is 0.381 e. The fraction of sp³-hybridized carbons (Fsp3) is 0.500. The Balaban J connectivity index is 1.25. The summed E-state index contributed by atoms with van der Waals surface area (Å²) in [4.78, 5) is 24.8. The van der Waals surface area contributed by atoms with Crippen LogP contribution in [0.1, 0.15) is 43.7 Å². The van der Waals surface area contributed by atoms with Crippen LogP contribution < -0.4 is 10.6 Å². The predicted octanol–water partition coefficient (Wildman–Crippen LogP) is 3.83. The first-order chi connectivity index (χ1) is 16.9. The van der Waals surface area contributed by atoms with Crippen molar-refractivity contribution in [2.45, 2.75) is 57.3 Å². The topological polar surface area (TPSA) is 82.6 Å². The number of carbonyl (C=O) groups is 1. The van der Waals surface area contributed by atoms with E-state index in [0.717, 1.165) is 57.7 Å². The van der Waals surface area contributed by atoms with Gasteiger partial charge in [-0.2, -0.15) is 4.98 Å². The van der Waals surface area contributed by atoms with Gasteiger partial charge in [0, 0.05) is 56.7 Å². The average Bonchev–Trinajstić information content (AvgIpc) is 3.31. The minimum absolute atomic E-state index is 0.0811. The monoisotopic (exact) mass is 480 g/mol. The van der Waals surface area contributed by atoms with Crippen molar-refractivity contribution in [3.8, 4) is 0 Å². The molecule has 4 heterocycles. The molecule has 1 aromatic heterocycles. The SMILES string of the molecule is C=CC(=O)N1CCCC(Nc2nc(Nc3ccc4c(c3)CN(C3(C)CCOCC3)C4)ncc2F)C1. The van der Waals surface area contributed by atoms with Gasteiger partial charge in [-0.3, -0.25) is 9.69 Å². The number of rotatable bonds is 6. The Bertz CT molecular complexity index is 1100.